The van der Waals surface area contributed by atoms with Gasteiger partial charge in [-0.25, -0.2) is 5.43 Å². The van der Waals surface area contributed by atoms with Crippen molar-refractivity contribution in [3.63, 3.8) is 0 Å². The van der Waals surface area contributed by atoms with Gasteiger partial charge in [-0.15, -0.1) is 0 Å². The van der Waals surface area contributed by atoms with E-state index in [4.69, 9.17) is 9.47 Å². The van der Waals surface area contributed by atoms with Crippen LogP contribution >= 0.6 is 22.6 Å². The Balaban J connectivity index is 1.37. The molecule has 0 atom stereocenters. The minimum absolute atomic E-state index is 0.246. The number of aryl methyl sites for hydroxylation is 1. The quantitative estimate of drug-likeness (QED) is 0.220. The fourth-order valence-corrected chi connectivity index (χ4v) is 4.60. The molecule has 0 aliphatic carbocycles. The number of methoxy groups -OCH3 is 1. The van der Waals surface area contributed by atoms with Gasteiger partial charge in [0, 0.05) is 24.3 Å². The van der Waals surface area contributed by atoms with E-state index in [1.807, 2.05) is 36.4 Å². The number of hydrogen-bond acceptors (Lipinski definition) is 5. The Labute approximate surface area is 214 Å². The molecule has 0 unspecified atom stereocenters. The molecule has 3 aromatic carbocycles. The highest BCUT2D eigenvalue weighted by Gasteiger charge is 2.14. The van der Waals surface area contributed by atoms with Crippen molar-refractivity contribution < 1.29 is 14.3 Å². The fraction of sp³-hybridized carbons (Fsp3) is 0.259. The number of anilines is 1. The first-order valence-electron chi connectivity index (χ1n) is 11.3. The summed E-state index contributed by atoms with van der Waals surface area (Å²) in [6, 6.07) is 19.7. The number of nitrogens with one attached hydrogen (secondary N) is 1. The Hall–Kier alpha value is -3.07. The van der Waals surface area contributed by atoms with E-state index in [0.29, 0.717) is 23.7 Å². The highest BCUT2D eigenvalue weighted by molar-refractivity contribution is 14.1. The van der Waals surface area contributed by atoms with E-state index in [1.54, 1.807) is 13.3 Å². The highest BCUT2D eigenvalue weighted by Crippen LogP contribution is 2.34. The van der Waals surface area contributed by atoms with E-state index in [9.17, 15) is 4.79 Å². The van der Waals surface area contributed by atoms with Crippen molar-refractivity contribution in [2.24, 2.45) is 5.10 Å². The molecule has 0 aromatic heterocycles. The van der Waals surface area contributed by atoms with Gasteiger partial charge in [-0.05, 0) is 89.9 Å². The molecule has 0 saturated carbocycles. The Morgan fingerprint density at radius 2 is 1.79 bits per heavy atom. The Morgan fingerprint density at radius 3 is 2.47 bits per heavy atom. The number of hydrogen-bond donors (Lipinski definition) is 1. The highest BCUT2D eigenvalue weighted by atomic mass is 127. The number of hydrazone groups is 1. The van der Waals surface area contributed by atoms with E-state index < -0.39 is 0 Å². The Morgan fingerprint density at radius 1 is 1.09 bits per heavy atom. The molecular weight excluding hydrogens is 541 g/mol. The van der Waals surface area contributed by atoms with Crippen LogP contribution in [0.4, 0.5) is 5.69 Å². The normalized spacial score (nSPS) is 13.3. The van der Waals surface area contributed by atoms with Crippen molar-refractivity contribution in [2.75, 3.05) is 25.1 Å². The maximum atomic E-state index is 12.5. The molecule has 0 radical (unpaired) electrons. The van der Waals surface area contributed by atoms with E-state index >= 15 is 0 Å². The molecule has 7 heteroatoms. The van der Waals surface area contributed by atoms with E-state index in [-0.39, 0.29) is 5.91 Å². The first-order valence-corrected chi connectivity index (χ1v) is 12.4. The summed E-state index contributed by atoms with van der Waals surface area (Å²) >= 11 is 2.22. The number of halogens is 1. The third-order valence-corrected chi connectivity index (χ3v) is 6.54. The summed E-state index contributed by atoms with van der Waals surface area (Å²) in [6.07, 6.45) is 4.05. The Bertz CT molecular complexity index is 1150. The van der Waals surface area contributed by atoms with Gasteiger partial charge < -0.3 is 14.4 Å². The van der Waals surface area contributed by atoms with Crippen LogP contribution in [-0.4, -0.2) is 32.3 Å². The van der Waals surface area contributed by atoms with Gasteiger partial charge in [0.15, 0.2) is 11.5 Å². The molecule has 0 bridgehead atoms. The van der Waals surface area contributed by atoms with Gasteiger partial charge in [0.2, 0.25) is 0 Å². The van der Waals surface area contributed by atoms with E-state index in [2.05, 4.69) is 69.2 Å². The summed E-state index contributed by atoms with van der Waals surface area (Å²) in [5, 5.41) is 4.13. The first-order chi connectivity index (χ1) is 16.5. The van der Waals surface area contributed by atoms with Crippen molar-refractivity contribution in [1.29, 1.82) is 0 Å². The second kappa shape index (κ2) is 11.4. The molecule has 6 nitrogen and oxygen atoms in total. The number of benzene rings is 3. The van der Waals surface area contributed by atoms with Crippen molar-refractivity contribution in [1.82, 2.24) is 5.43 Å². The molecule has 4 rings (SSSR count). The lowest BCUT2D eigenvalue weighted by molar-refractivity contribution is 0.0955. The molecular formula is C27H28IN3O3. The van der Waals surface area contributed by atoms with Crippen molar-refractivity contribution in [3.8, 4) is 11.5 Å². The molecule has 1 amide bonds. The van der Waals surface area contributed by atoms with Crippen LogP contribution in [0.1, 0.15) is 39.9 Å². The molecule has 3 aromatic rings. The van der Waals surface area contributed by atoms with Crippen LogP contribution in [0.3, 0.4) is 0 Å². The minimum Gasteiger partial charge on any atom is -0.493 e. The van der Waals surface area contributed by atoms with Crippen LogP contribution in [0.5, 0.6) is 11.5 Å². The number of nitrogens with zero attached hydrogens (tertiary/aromatic N) is 2. The Kier molecular flexibility index (Phi) is 8.05. The lowest BCUT2D eigenvalue weighted by Gasteiger charge is -2.17. The van der Waals surface area contributed by atoms with Crippen LogP contribution in [0.25, 0.3) is 0 Å². The minimum atomic E-state index is -0.246. The summed E-state index contributed by atoms with van der Waals surface area (Å²) in [7, 11) is 1.61. The number of carbonyl (C=O) groups excluding carboxylic acids is 1. The number of carbonyl (C=O) groups is 1. The lowest BCUT2D eigenvalue weighted by atomic mass is 10.2. The number of rotatable bonds is 8. The maximum absolute atomic E-state index is 12.5. The number of ether oxygens (including phenoxy) is 2. The second-order valence-electron chi connectivity index (χ2n) is 8.25. The lowest BCUT2D eigenvalue weighted by Crippen LogP contribution is -2.19. The summed E-state index contributed by atoms with van der Waals surface area (Å²) in [5.41, 5.74) is 7.44. The molecule has 1 aliphatic heterocycles. The van der Waals surface area contributed by atoms with Crippen LogP contribution in [0, 0.1) is 10.5 Å². The molecule has 1 heterocycles. The zero-order chi connectivity index (χ0) is 23.9. The zero-order valence-electron chi connectivity index (χ0n) is 19.4. The molecule has 1 aliphatic rings. The molecule has 1 N–H and O–H groups in total. The average Bonchev–Trinajstić information content (AvgIpc) is 3.39. The van der Waals surface area contributed by atoms with Crippen LogP contribution < -0.4 is 19.8 Å². The second-order valence-corrected chi connectivity index (χ2v) is 9.41. The van der Waals surface area contributed by atoms with E-state index in [1.165, 1.54) is 18.4 Å². The average molecular weight is 569 g/mol. The summed E-state index contributed by atoms with van der Waals surface area (Å²) in [5.74, 6) is 1.05. The molecule has 176 valence electrons. The SMILES string of the molecule is COc1cc(/C=N\NC(=O)c2ccc(N3CCCC3)cc2)cc(I)c1OCc1ccc(C)cc1. The predicted molar refractivity (Wildman–Crippen MR) is 144 cm³/mol. The standard InChI is InChI=1S/C27H28IN3O3/c1-19-5-7-20(8-6-19)18-34-26-24(28)15-21(16-25(26)33-2)17-29-30-27(32)22-9-11-23(12-10-22)31-13-3-4-14-31/h5-12,15-17H,3-4,13-14,18H2,1-2H3,(H,30,32)/b29-17-. The molecule has 1 saturated heterocycles. The molecule has 1 fully saturated rings. The topological polar surface area (TPSA) is 63.2 Å². The van der Waals surface area contributed by atoms with Gasteiger partial charge in [-0.3, -0.25) is 4.79 Å². The van der Waals surface area contributed by atoms with Crippen molar-refractivity contribution >= 4 is 40.4 Å². The summed E-state index contributed by atoms with van der Waals surface area (Å²) < 4.78 is 12.5. The monoisotopic (exact) mass is 569 g/mol. The van der Waals surface area contributed by atoms with Gasteiger partial charge in [0.25, 0.3) is 5.91 Å². The molecule has 34 heavy (non-hydrogen) atoms. The summed E-state index contributed by atoms with van der Waals surface area (Å²) in [6.45, 7) is 4.67. The van der Waals surface area contributed by atoms with Gasteiger partial charge in [0.05, 0.1) is 16.9 Å². The third-order valence-electron chi connectivity index (χ3n) is 5.74. The van der Waals surface area contributed by atoms with Gasteiger partial charge in [-0.2, -0.15) is 5.10 Å². The maximum Gasteiger partial charge on any atom is 0.271 e. The van der Waals surface area contributed by atoms with Gasteiger partial charge >= 0.3 is 0 Å². The van der Waals surface area contributed by atoms with Crippen LogP contribution in [0.15, 0.2) is 65.8 Å². The van der Waals surface area contributed by atoms with E-state index in [0.717, 1.165) is 33.5 Å². The van der Waals surface area contributed by atoms with Crippen LogP contribution in [0.2, 0.25) is 0 Å². The van der Waals surface area contributed by atoms with Gasteiger partial charge in [0.1, 0.15) is 6.61 Å². The third kappa shape index (κ3) is 6.08. The molecule has 0 spiro atoms. The fourth-order valence-electron chi connectivity index (χ4n) is 3.82. The predicted octanol–water partition coefficient (Wildman–Crippen LogP) is 5.55. The first kappa shape index (κ1) is 24.1. The van der Waals surface area contributed by atoms with Crippen LogP contribution in [-0.2, 0) is 6.61 Å². The van der Waals surface area contributed by atoms with Gasteiger partial charge in [-0.1, -0.05) is 29.8 Å². The van der Waals surface area contributed by atoms with Crippen molar-refractivity contribution in [3.05, 3.63) is 86.5 Å². The van der Waals surface area contributed by atoms with Crippen molar-refractivity contribution in [2.45, 2.75) is 26.4 Å². The number of amides is 1. The zero-order valence-corrected chi connectivity index (χ0v) is 21.5. The summed E-state index contributed by atoms with van der Waals surface area (Å²) in [4.78, 5) is 14.8. The smallest absolute Gasteiger partial charge is 0.271 e. The largest absolute Gasteiger partial charge is 0.493 e.